The zero-order valence-electron chi connectivity index (χ0n) is 12.1. The van der Waals surface area contributed by atoms with E-state index in [1.54, 1.807) is 6.07 Å². The first-order valence-electron chi connectivity index (χ1n) is 6.74. The Balaban J connectivity index is 1.83. The lowest BCUT2D eigenvalue weighted by Gasteiger charge is -2.29. The summed E-state index contributed by atoms with van der Waals surface area (Å²) in [4.78, 5) is 28.0. The molecule has 6 nitrogen and oxygen atoms in total. The number of benzene rings is 1. The van der Waals surface area contributed by atoms with Crippen LogP contribution in [0.25, 0.3) is 10.9 Å². The average molecular weight is 298 g/mol. The molecule has 1 aromatic heterocycles. The Morgan fingerprint density at radius 2 is 1.73 bits per heavy atom. The van der Waals surface area contributed by atoms with E-state index in [0.29, 0.717) is 5.82 Å². The van der Waals surface area contributed by atoms with Crippen LogP contribution in [0.3, 0.4) is 0 Å². The van der Waals surface area contributed by atoms with Gasteiger partial charge in [0.25, 0.3) is 5.79 Å². The van der Waals surface area contributed by atoms with Gasteiger partial charge in [-0.2, -0.15) is 0 Å². The van der Waals surface area contributed by atoms with E-state index < -0.39 is 17.7 Å². The van der Waals surface area contributed by atoms with Crippen molar-refractivity contribution in [1.82, 2.24) is 4.98 Å². The molecule has 3 rings (SSSR count). The number of carbonyl (C=O) groups is 2. The number of nitrogens with zero attached hydrogens (tertiary/aromatic N) is 1. The van der Waals surface area contributed by atoms with Crippen molar-refractivity contribution in [3.8, 4) is 0 Å². The number of hydrogen-bond acceptors (Lipinski definition) is 6. The van der Waals surface area contributed by atoms with Crippen LogP contribution in [-0.2, 0) is 19.1 Å². The number of anilines is 1. The molecule has 0 spiro atoms. The van der Waals surface area contributed by atoms with Crippen LogP contribution in [0.2, 0.25) is 0 Å². The molecular weight excluding hydrogens is 284 g/mol. The molecule has 2 heterocycles. The summed E-state index contributed by atoms with van der Waals surface area (Å²) in [5.41, 5.74) is 0.607. The van der Waals surface area contributed by atoms with Crippen LogP contribution in [0.1, 0.15) is 13.8 Å². The third-order valence-corrected chi connectivity index (χ3v) is 3.08. The van der Waals surface area contributed by atoms with Gasteiger partial charge in [0.15, 0.2) is 5.57 Å². The van der Waals surface area contributed by atoms with E-state index in [9.17, 15) is 9.59 Å². The summed E-state index contributed by atoms with van der Waals surface area (Å²) >= 11 is 0. The number of para-hydroxylation sites is 1. The predicted molar refractivity (Wildman–Crippen MR) is 79.7 cm³/mol. The first kappa shape index (κ1) is 14.1. The highest BCUT2D eigenvalue weighted by Crippen LogP contribution is 2.22. The van der Waals surface area contributed by atoms with Gasteiger partial charge in [0.05, 0.1) is 5.52 Å². The summed E-state index contributed by atoms with van der Waals surface area (Å²) < 4.78 is 10.0. The van der Waals surface area contributed by atoms with E-state index in [1.807, 2.05) is 30.3 Å². The first-order chi connectivity index (χ1) is 10.4. The minimum Gasteiger partial charge on any atom is -0.419 e. The van der Waals surface area contributed by atoms with Gasteiger partial charge in [0, 0.05) is 25.4 Å². The van der Waals surface area contributed by atoms with Gasteiger partial charge in [0.1, 0.15) is 5.82 Å². The van der Waals surface area contributed by atoms with E-state index >= 15 is 0 Å². The number of esters is 2. The Morgan fingerprint density at radius 1 is 1.05 bits per heavy atom. The SMILES string of the molecule is CC1(C)OC(=O)C(=CNc2ccc3ccccc3n2)C(=O)O1. The lowest BCUT2D eigenvalue weighted by atomic mass is 10.2. The van der Waals surface area contributed by atoms with Crippen molar-refractivity contribution in [2.45, 2.75) is 19.6 Å². The van der Waals surface area contributed by atoms with Crippen molar-refractivity contribution in [3.63, 3.8) is 0 Å². The Kier molecular flexibility index (Phi) is 3.29. The highest BCUT2D eigenvalue weighted by Gasteiger charge is 2.38. The largest absolute Gasteiger partial charge is 0.419 e. The smallest absolute Gasteiger partial charge is 0.350 e. The molecule has 6 heteroatoms. The van der Waals surface area contributed by atoms with Gasteiger partial charge in [-0.25, -0.2) is 14.6 Å². The molecule has 0 aliphatic carbocycles. The van der Waals surface area contributed by atoms with Gasteiger partial charge in [-0.3, -0.25) is 0 Å². The van der Waals surface area contributed by atoms with E-state index in [-0.39, 0.29) is 5.57 Å². The summed E-state index contributed by atoms with van der Waals surface area (Å²) in [5, 5.41) is 3.82. The maximum atomic E-state index is 11.8. The molecule has 2 aromatic rings. The molecule has 1 aliphatic rings. The lowest BCUT2D eigenvalue weighted by molar-refractivity contribution is -0.222. The molecule has 1 fully saturated rings. The number of hydrogen-bond donors (Lipinski definition) is 1. The molecule has 0 bridgehead atoms. The van der Waals surface area contributed by atoms with Gasteiger partial charge in [-0.05, 0) is 18.2 Å². The monoisotopic (exact) mass is 298 g/mol. The summed E-state index contributed by atoms with van der Waals surface area (Å²) in [7, 11) is 0. The molecule has 0 amide bonds. The number of carbonyl (C=O) groups excluding carboxylic acids is 2. The van der Waals surface area contributed by atoms with Crippen molar-refractivity contribution >= 4 is 28.7 Å². The normalized spacial score (nSPS) is 16.9. The second-order valence-electron chi connectivity index (χ2n) is 5.27. The van der Waals surface area contributed by atoms with Crippen LogP contribution in [0.5, 0.6) is 0 Å². The summed E-state index contributed by atoms with van der Waals surface area (Å²) in [6.07, 6.45) is 1.25. The molecule has 0 atom stereocenters. The maximum absolute atomic E-state index is 11.8. The fourth-order valence-corrected chi connectivity index (χ4v) is 2.07. The topological polar surface area (TPSA) is 77.5 Å². The maximum Gasteiger partial charge on any atom is 0.350 e. The van der Waals surface area contributed by atoms with Gasteiger partial charge in [-0.15, -0.1) is 0 Å². The molecule has 112 valence electrons. The summed E-state index contributed by atoms with van der Waals surface area (Å²) in [6.45, 7) is 3.00. The number of cyclic esters (lactones) is 2. The number of fused-ring (bicyclic) bond motifs is 1. The molecular formula is C16H14N2O4. The molecule has 1 aliphatic heterocycles. The fourth-order valence-electron chi connectivity index (χ4n) is 2.07. The number of pyridine rings is 1. The molecule has 1 saturated heterocycles. The quantitative estimate of drug-likeness (QED) is 0.521. The van der Waals surface area contributed by atoms with Crippen molar-refractivity contribution in [2.24, 2.45) is 0 Å². The number of ether oxygens (including phenoxy) is 2. The highest BCUT2D eigenvalue weighted by atomic mass is 16.7. The van der Waals surface area contributed by atoms with E-state index in [4.69, 9.17) is 9.47 Å². The summed E-state index contributed by atoms with van der Waals surface area (Å²) in [5.74, 6) is -2.19. The average Bonchev–Trinajstić information content (AvgIpc) is 2.45. The van der Waals surface area contributed by atoms with Crippen LogP contribution in [0, 0.1) is 0 Å². The van der Waals surface area contributed by atoms with Gasteiger partial charge in [0.2, 0.25) is 0 Å². The second kappa shape index (κ2) is 5.14. The third kappa shape index (κ3) is 2.76. The van der Waals surface area contributed by atoms with Crippen molar-refractivity contribution < 1.29 is 19.1 Å². The molecule has 0 radical (unpaired) electrons. The van der Waals surface area contributed by atoms with Crippen LogP contribution in [0.4, 0.5) is 5.82 Å². The van der Waals surface area contributed by atoms with E-state index in [1.165, 1.54) is 20.0 Å². The third-order valence-electron chi connectivity index (χ3n) is 3.08. The minimum absolute atomic E-state index is 0.200. The zero-order chi connectivity index (χ0) is 15.7. The van der Waals surface area contributed by atoms with Gasteiger partial charge < -0.3 is 14.8 Å². The summed E-state index contributed by atoms with van der Waals surface area (Å²) in [6, 6.07) is 11.3. The number of rotatable bonds is 2. The standard InChI is InChI=1S/C16H14N2O4/c1-16(2)21-14(19)11(15(20)22-16)9-17-13-8-7-10-5-3-4-6-12(10)18-13/h3-9H,1-2H3,(H,17,18). The lowest BCUT2D eigenvalue weighted by Crippen LogP contribution is -2.42. The van der Waals surface area contributed by atoms with Crippen LogP contribution in [-0.4, -0.2) is 22.7 Å². The van der Waals surface area contributed by atoms with Crippen LogP contribution >= 0.6 is 0 Å². The van der Waals surface area contributed by atoms with Crippen molar-refractivity contribution in [2.75, 3.05) is 5.32 Å². The molecule has 0 saturated carbocycles. The van der Waals surface area contributed by atoms with Crippen LogP contribution in [0.15, 0.2) is 48.2 Å². The van der Waals surface area contributed by atoms with Crippen LogP contribution < -0.4 is 5.32 Å². The fraction of sp³-hybridized carbons (Fsp3) is 0.188. The Labute approximate surface area is 126 Å². The van der Waals surface area contributed by atoms with Gasteiger partial charge >= 0.3 is 11.9 Å². The highest BCUT2D eigenvalue weighted by molar-refractivity contribution is 6.15. The number of aromatic nitrogens is 1. The minimum atomic E-state index is -1.24. The van der Waals surface area contributed by atoms with Gasteiger partial charge in [-0.1, -0.05) is 18.2 Å². The molecule has 1 aromatic carbocycles. The first-order valence-corrected chi connectivity index (χ1v) is 6.74. The Bertz CT molecular complexity index is 774. The molecule has 0 unspecified atom stereocenters. The molecule has 22 heavy (non-hydrogen) atoms. The Morgan fingerprint density at radius 3 is 2.45 bits per heavy atom. The van der Waals surface area contributed by atoms with Crippen molar-refractivity contribution in [3.05, 3.63) is 48.2 Å². The van der Waals surface area contributed by atoms with E-state index in [2.05, 4.69) is 10.3 Å². The molecule has 1 N–H and O–H groups in total. The Hall–Kier alpha value is -2.89. The zero-order valence-corrected chi connectivity index (χ0v) is 12.1. The van der Waals surface area contributed by atoms with E-state index in [0.717, 1.165) is 10.9 Å². The van der Waals surface area contributed by atoms with Crippen molar-refractivity contribution in [1.29, 1.82) is 0 Å². The predicted octanol–water partition coefficient (Wildman–Crippen LogP) is 2.37. The number of nitrogens with one attached hydrogen (secondary N) is 1. The second-order valence-corrected chi connectivity index (χ2v) is 5.27.